The van der Waals surface area contributed by atoms with Crippen LogP contribution in [0.5, 0.6) is 0 Å². The molecule has 1 aromatic carbocycles. The van der Waals surface area contributed by atoms with Gasteiger partial charge in [0.05, 0.1) is 17.8 Å². The van der Waals surface area contributed by atoms with Gasteiger partial charge in [0.25, 0.3) is 0 Å². The quantitative estimate of drug-likeness (QED) is 0.935. The molecular weight excluding hydrogens is 255 g/mol. The fourth-order valence-electron chi connectivity index (χ4n) is 2.91. The minimum absolute atomic E-state index is 0.207. The molecule has 1 saturated heterocycles. The van der Waals surface area contributed by atoms with E-state index in [-0.39, 0.29) is 18.5 Å². The van der Waals surface area contributed by atoms with Crippen LogP contribution in [0, 0.1) is 5.82 Å². The summed E-state index contributed by atoms with van der Waals surface area (Å²) in [5, 5.41) is 10.3. The van der Waals surface area contributed by atoms with E-state index in [0.717, 1.165) is 36.1 Å². The first-order chi connectivity index (χ1) is 9.76. The molecule has 2 aromatic rings. The van der Waals surface area contributed by atoms with Crippen LogP contribution in [0.3, 0.4) is 0 Å². The van der Waals surface area contributed by atoms with Crippen molar-refractivity contribution in [2.24, 2.45) is 0 Å². The Morgan fingerprint density at radius 1 is 1.25 bits per heavy atom. The highest BCUT2D eigenvalue weighted by atomic mass is 19.1. The van der Waals surface area contributed by atoms with Crippen molar-refractivity contribution in [3.05, 3.63) is 41.8 Å². The second kappa shape index (κ2) is 5.85. The molecular formula is C16H19FN2O. The van der Waals surface area contributed by atoms with Crippen molar-refractivity contribution in [3.8, 4) is 0 Å². The van der Waals surface area contributed by atoms with Gasteiger partial charge in [-0.25, -0.2) is 4.39 Å². The van der Waals surface area contributed by atoms with Crippen LogP contribution >= 0.6 is 0 Å². The molecule has 3 nitrogen and oxygen atoms in total. The summed E-state index contributed by atoms with van der Waals surface area (Å²) >= 11 is 0. The van der Waals surface area contributed by atoms with E-state index in [1.165, 1.54) is 25.0 Å². The van der Waals surface area contributed by atoms with Gasteiger partial charge in [0.2, 0.25) is 0 Å². The minimum atomic E-state index is -0.233. The van der Waals surface area contributed by atoms with Crippen LogP contribution in [0.4, 0.5) is 4.39 Å². The van der Waals surface area contributed by atoms with E-state index in [4.69, 9.17) is 0 Å². The number of pyridine rings is 1. The van der Waals surface area contributed by atoms with E-state index < -0.39 is 0 Å². The lowest BCUT2D eigenvalue weighted by Crippen LogP contribution is -2.41. The van der Waals surface area contributed by atoms with Crippen molar-refractivity contribution in [2.75, 3.05) is 13.2 Å². The summed E-state index contributed by atoms with van der Waals surface area (Å²) in [6.07, 6.45) is 3.41. The molecule has 0 amide bonds. The SMILES string of the molecule is OC[C@H]1CCCCN1Cc1ccc2cc(F)ccc2n1. The third-order valence-corrected chi connectivity index (χ3v) is 4.03. The summed E-state index contributed by atoms with van der Waals surface area (Å²) in [4.78, 5) is 6.88. The van der Waals surface area contributed by atoms with Crippen molar-refractivity contribution in [1.82, 2.24) is 9.88 Å². The predicted octanol–water partition coefficient (Wildman–Crippen LogP) is 2.72. The Labute approximate surface area is 118 Å². The molecule has 0 bridgehead atoms. The van der Waals surface area contributed by atoms with E-state index in [1.54, 1.807) is 6.07 Å². The smallest absolute Gasteiger partial charge is 0.123 e. The normalized spacial score (nSPS) is 20.4. The molecule has 1 aromatic heterocycles. The molecule has 0 unspecified atom stereocenters. The molecule has 20 heavy (non-hydrogen) atoms. The number of hydrogen-bond acceptors (Lipinski definition) is 3. The van der Waals surface area contributed by atoms with E-state index in [0.29, 0.717) is 0 Å². The lowest BCUT2D eigenvalue weighted by atomic mass is 10.0. The van der Waals surface area contributed by atoms with Gasteiger partial charge in [0.15, 0.2) is 0 Å². The molecule has 106 valence electrons. The lowest BCUT2D eigenvalue weighted by Gasteiger charge is -2.34. The molecule has 0 spiro atoms. The summed E-state index contributed by atoms with van der Waals surface area (Å²) in [5.41, 5.74) is 1.80. The molecule has 1 fully saturated rings. The Morgan fingerprint density at radius 3 is 3.00 bits per heavy atom. The number of fused-ring (bicyclic) bond motifs is 1. The zero-order valence-corrected chi connectivity index (χ0v) is 11.4. The van der Waals surface area contributed by atoms with E-state index in [9.17, 15) is 9.50 Å². The monoisotopic (exact) mass is 274 g/mol. The first-order valence-electron chi connectivity index (χ1n) is 7.16. The molecule has 1 N–H and O–H groups in total. The van der Waals surface area contributed by atoms with E-state index in [2.05, 4.69) is 9.88 Å². The van der Waals surface area contributed by atoms with Crippen molar-refractivity contribution in [1.29, 1.82) is 0 Å². The molecule has 3 rings (SSSR count). The first-order valence-corrected chi connectivity index (χ1v) is 7.16. The Bertz CT molecular complexity index is 602. The second-order valence-electron chi connectivity index (χ2n) is 5.44. The highest BCUT2D eigenvalue weighted by Crippen LogP contribution is 2.20. The van der Waals surface area contributed by atoms with Crippen molar-refractivity contribution in [2.45, 2.75) is 31.8 Å². The Hall–Kier alpha value is -1.52. The van der Waals surface area contributed by atoms with Crippen LogP contribution < -0.4 is 0 Å². The zero-order valence-electron chi connectivity index (χ0n) is 11.4. The van der Waals surface area contributed by atoms with Crippen LogP contribution in [-0.4, -0.2) is 34.2 Å². The van der Waals surface area contributed by atoms with Crippen LogP contribution in [0.25, 0.3) is 10.9 Å². The third-order valence-electron chi connectivity index (χ3n) is 4.03. The number of halogens is 1. The number of likely N-dealkylation sites (tertiary alicyclic amines) is 1. The fourth-order valence-corrected chi connectivity index (χ4v) is 2.91. The highest BCUT2D eigenvalue weighted by molar-refractivity contribution is 5.78. The lowest BCUT2D eigenvalue weighted by molar-refractivity contribution is 0.0832. The van der Waals surface area contributed by atoms with Gasteiger partial charge in [-0.2, -0.15) is 0 Å². The average molecular weight is 274 g/mol. The van der Waals surface area contributed by atoms with Gasteiger partial charge in [0.1, 0.15) is 5.82 Å². The molecule has 1 aliphatic rings. The zero-order chi connectivity index (χ0) is 13.9. The Kier molecular flexibility index (Phi) is 3.94. The number of nitrogens with zero attached hydrogens (tertiary/aromatic N) is 2. The molecule has 0 radical (unpaired) electrons. The maximum absolute atomic E-state index is 13.1. The summed E-state index contributed by atoms with van der Waals surface area (Å²) in [7, 11) is 0. The van der Waals surface area contributed by atoms with Crippen molar-refractivity contribution >= 4 is 10.9 Å². The fraction of sp³-hybridized carbons (Fsp3) is 0.438. The molecule has 1 atom stereocenters. The van der Waals surface area contributed by atoms with Gasteiger partial charge in [-0.15, -0.1) is 0 Å². The molecule has 0 aliphatic carbocycles. The van der Waals surface area contributed by atoms with Gasteiger partial charge in [-0.3, -0.25) is 9.88 Å². The number of rotatable bonds is 3. The highest BCUT2D eigenvalue weighted by Gasteiger charge is 2.21. The van der Waals surface area contributed by atoms with Crippen LogP contribution in [0.1, 0.15) is 25.0 Å². The molecule has 4 heteroatoms. The molecule has 2 heterocycles. The maximum atomic E-state index is 13.1. The van der Waals surface area contributed by atoms with Crippen molar-refractivity contribution in [3.63, 3.8) is 0 Å². The largest absolute Gasteiger partial charge is 0.395 e. The van der Waals surface area contributed by atoms with Crippen LogP contribution in [-0.2, 0) is 6.54 Å². The van der Waals surface area contributed by atoms with E-state index >= 15 is 0 Å². The third kappa shape index (κ3) is 2.81. The standard InChI is InChI=1S/C16H19FN2O/c17-13-5-7-16-12(9-13)4-6-14(18-16)10-19-8-2-1-3-15(19)11-20/h4-7,9,15,20H,1-3,8,10-11H2/t15-/m1/s1. The van der Waals surface area contributed by atoms with Gasteiger partial charge in [-0.05, 0) is 43.7 Å². The Morgan fingerprint density at radius 2 is 2.15 bits per heavy atom. The van der Waals surface area contributed by atoms with Gasteiger partial charge < -0.3 is 5.11 Å². The summed E-state index contributed by atoms with van der Waals surface area (Å²) in [6, 6.07) is 8.77. The average Bonchev–Trinajstić information content (AvgIpc) is 2.48. The molecule has 0 saturated carbocycles. The summed E-state index contributed by atoms with van der Waals surface area (Å²) in [6.45, 7) is 1.96. The Balaban J connectivity index is 1.81. The number of aliphatic hydroxyl groups is 1. The van der Waals surface area contributed by atoms with Gasteiger partial charge in [0, 0.05) is 18.0 Å². The first kappa shape index (κ1) is 13.5. The molecule has 1 aliphatic heterocycles. The predicted molar refractivity (Wildman–Crippen MR) is 76.8 cm³/mol. The summed E-state index contributed by atoms with van der Waals surface area (Å²) < 4.78 is 13.1. The topological polar surface area (TPSA) is 36.4 Å². The maximum Gasteiger partial charge on any atom is 0.123 e. The van der Waals surface area contributed by atoms with Crippen molar-refractivity contribution < 1.29 is 9.50 Å². The number of aliphatic hydroxyl groups excluding tert-OH is 1. The minimum Gasteiger partial charge on any atom is -0.395 e. The number of benzene rings is 1. The number of aromatic nitrogens is 1. The van der Waals surface area contributed by atoms with Crippen LogP contribution in [0.15, 0.2) is 30.3 Å². The number of hydrogen-bond donors (Lipinski definition) is 1. The summed E-state index contributed by atoms with van der Waals surface area (Å²) in [5.74, 6) is -0.233. The second-order valence-corrected chi connectivity index (χ2v) is 5.44. The van der Waals surface area contributed by atoms with E-state index in [1.807, 2.05) is 12.1 Å². The number of piperidine rings is 1. The van der Waals surface area contributed by atoms with Crippen LogP contribution in [0.2, 0.25) is 0 Å². The van der Waals surface area contributed by atoms with Gasteiger partial charge in [-0.1, -0.05) is 12.5 Å². The van der Waals surface area contributed by atoms with Gasteiger partial charge >= 0.3 is 0 Å².